The molecule has 0 radical (unpaired) electrons. The van der Waals surface area contributed by atoms with Gasteiger partial charge in [0.05, 0.1) is 4.92 Å². The number of nitrogens with one attached hydrogen (secondary N) is 1. The molecule has 1 aromatic carbocycles. The number of nitro groups is 1. The summed E-state index contributed by atoms with van der Waals surface area (Å²) in [6.07, 6.45) is 0.906. The zero-order valence-corrected chi connectivity index (χ0v) is 14.1. The molecule has 0 spiro atoms. The number of amides is 1. The molecule has 126 valence electrons. The maximum absolute atomic E-state index is 12.5. The number of aromatic nitrogens is 2. The van der Waals surface area contributed by atoms with E-state index in [4.69, 9.17) is 0 Å². The van der Waals surface area contributed by atoms with Crippen molar-refractivity contribution in [2.75, 3.05) is 18.8 Å². The van der Waals surface area contributed by atoms with Crippen LogP contribution in [0, 0.1) is 23.0 Å². The number of aromatic amines is 1. The Balaban J connectivity index is 1.61. The van der Waals surface area contributed by atoms with Crippen LogP contribution in [0.3, 0.4) is 0 Å². The van der Waals surface area contributed by atoms with Crippen molar-refractivity contribution < 1.29 is 9.72 Å². The number of benzene rings is 1. The lowest BCUT2D eigenvalue weighted by Crippen LogP contribution is -2.29. The van der Waals surface area contributed by atoms with Crippen LogP contribution in [-0.4, -0.2) is 44.8 Å². The lowest BCUT2D eigenvalue weighted by atomic mass is 10.2. The Morgan fingerprint density at radius 2 is 2.21 bits per heavy atom. The smallest absolute Gasteiger partial charge is 0.322 e. The Morgan fingerprint density at radius 3 is 2.92 bits per heavy atom. The molecule has 0 aliphatic carbocycles. The molecule has 8 heteroatoms. The molecule has 0 bridgehead atoms. The highest BCUT2D eigenvalue weighted by molar-refractivity contribution is 7.99. The maximum atomic E-state index is 12.5. The van der Waals surface area contributed by atoms with Crippen molar-refractivity contribution in [3.8, 4) is 0 Å². The van der Waals surface area contributed by atoms with Crippen LogP contribution in [0.15, 0.2) is 35.2 Å². The standard InChI is InChI=1S/C16H18N4O3S/c1-11-15(20(22)23)14(18-17-11)16(21)19-8-7-12(9-19)10-24-13-5-3-2-4-6-13/h2-6,12H,7-10H2,1H3,(H,17,18)/t12-/m1/s1. The van der Waals surface area contributed by atoms with Gasteiger partial charge in [-0.15, -0.1) is 11.8 Å². The van der Waals surface area contributed by atoms with Gasteiger partial charge in [-0.2, -0.15) is 5.10 Å². The predicted octanol–water partition coefficient (Wildman–Crippen LogP) is 2.88. The molecule has 24 heavy (non-hydrogen) atoms. The minimum atomic E-state index is -0.551. The number of likely N-dealkylation sites (tertiary alicyclic amines) is 1. The zero-order valence-electron chi connectivity index (χ0n) is 13.3. The summed E-state index contributed by atoms with van der Waals surface area (Å²) in [5, 5.41) is 17.5. The van der Waals surface area contributed by atoms with Gasteiger partial charge in [0.1, 0.15) is 5.69 Å². The number of rotatable bonds is 5. The van der Waals surface area contributed by atoms with Gasteiger partial charge in [-0.05, 0) is 31.4 Å². The number of nitrogens with zero attached hydrogens (tertiary/aromatic N) is 3. The first-order valence-corrected chi connectivity index (χ1v) is 8.71. The van der Waals surface area contributed by atoms with E-state index in [1.165, 1.54) is 4.90 Å². The second-order valence-corrected chi connectivity index (χ2v) is 6.93. The monoisotopic (exact) mass is 346 g/mol. The summed E-state index contributed by atoms with van der Waals surface area (Å²) in [5.41, 5.74) is -0.00490. The Kier molecular flexibility index (Phi) is 4.84. The largest absolute Gasteiger partial charge is 0.337 e. The fourth-order valence-corrected chi connectivity index (χ4v) is 3.88. The predicted molar refractivity (Wildman–Crippen MR) is 91.2 cm³/mol. The van der Waals surface area contributed by atoms with Gasteiger partial charge in [-0.1, -0.05) is 18.2 Å². The summed E-state index contributed by atoms with van der Waals surface area (Å²) in [7, 11) is 0. The van der Waals surface area contributed by atoms with E-state index in [0.717, 1.165) is 12.2 Å². The molecule has 7 nitrogen and oxygen atoms in total. The van der Waals surface area contributed by atoms with E-state index in [2.05, 4.69) is 22.3 Å². The minimum absolute atomic E-state index is 0.0890. The van der Waals surface area contributed by atoms with Crippen molar-refractivity contribution in [3.05, 3.63) is 51.8 Å². The molecule has 1 aliphatic heterocycles. The van der Waals surface area contributed by atoms with Crippen molar-refractivity contribution in [3.63, 3.8) is 0 Å². The van der Waals surface area contributed by atoms with Gasteiger partial charge in [0.25, 0.3) is 5.91 Å². The number of carbonyl (C=O) groups is 1. The molecule has 3 rings (SSSR count). The van der Waals surface area contributed by atoms with Crippen molar-refractivity contribution in [2.45, 2.75) is 18.2 Å². The molecule has 2 heterocycles. The summed E-state index contributed by atoms with van der Waals surface area (Å²) in [6.45, 7) is 2.77. The summed E-state index contributed by atoms with van der Waals surface area (Å²) >= 11 is 1.77. The minimum Gasteiger partial charge on any atom is -0.337 e. The van der Waals surface area contributed by atoms with Gasteiger partial charge in [-0.25, -0.2) is 0 Å². The fourth-order valence-electron chi connectivity index (χ4n) is 2.83. The van der Waals surface area contributed by atoms with Crippen LogP contribution in [0.25, 0.3) is 0 Å². The van der Waals surface area contributed by atoms with Gasteiger partial charge in [0.15, 0.2) is 0 Å². The zero-order chi connectivity index (χ0) is 17.1. The third-order valence-electron chi connectivity index (χ3n) is 4.10. The Morgan fingerprint density at radius 1 is 1.46 bits per heavy atom. The second-order valence-electron chi connectivity index (χ2n) is 5.83. The third-order valence-corrected chi connectivity index (χ3v) is 5.35. The van der Waals surface area contributed by atoms with Gasteiger partial charge in [0.2, 0.25) is 5.69 Å². The molecule has 1 aliphatic rings. The Hall–Kier alpha value is -2.35. The number of carbonyl (C=O) groups excluding carboxylic acids is 1. The van der Waals surface area contributed by atoms with Gasteiger partial charge >= 0.3 is 5.69 Å². The van der Waals surface area contributed by atoms with Crippen molar-refractivity contribution >= 4 is 23.4 Å². The molecule has 1 N–H and O–H groups in total. The van der Waals surface area contributed by atoms with E-state index in [1.54, 1.807) is 23.6 Å². The highest BCUT2D eigenvalue weighted by Gasteiger charge is 2.34. The number of hydrogen-bond donors (Lipinski definition) is 1. The first kappa shape index (κ1) is 16.5. The second kappa shape index (κ2) is 7.04. The van der Waals surface area contributed by atoms with E-state index >= 15 is 0 Å². The Labute approximate surface area is 143 Å². The number of H-pyrrole nitrogens is 1. The number of aryl methyl sites for hydroxylation is 1. The van der Waals surface area contributed by atoms with Crippen LogP contribution in [0.1, 0.15) is 22.6 Å². The lowest BCUT2D eigenvalue weighted by molar-refractivity contribution is -0.385. The first-order chi connectivity index (χ1) is 11.6. The maximum Gasteiger partial charge on any atom is 0.322 e. The van der Waals surface area contributed by atoms with Gasteiger partial charge < -0.3 is 4.90 Å². The highest BCUT2D eigenvalue weighted by Crippen LogP contribution is 2.28. The van der Waals surface area contributed by atoms with Crippen LogP contribution in [0.4, 0.5) is 5.69 Å². The van der Waals surface area contributed by atoms with Crippen LogP contribution in [0.5, 0.6) is 0 Å². The summed E-state index contributed by atoms with van der Waals surface area (Å²) in [5.74, 6) is 0.951. The lowest BCUT2D eigenvalue weighted by Gasteiger charge is -2.15. The molecule has 1 amide bonds. The molecule has 1 fully saturated rings. The first-order valence-electron chi connectivity index (χ1n) is 7.72. The highest BCUT2D eigenvalue weighted by atomic mass is 32.2. The topological polar surface area (TPSA) is 92.1 Å². The quantitative estimate of drug-likeness (QED) is 0.510. The molecule has 1 saturated heterocycles. The molecule has 1 atom stereocenters. The third kappa shape index (κ3) is 3.43. The molecular formula is C16H18N4O3S. The molecule has 0 unspecified atom stereocenters. The molecular weight excluding hydrogens is 328 g/mol. The number of thioether (sulfide) groups is 1. The van der Waals surface area contributed by atoms with E-state index in [0.29, 0.717) is 24.7 Å². The SMILES string of the molecule is Cc1[nH]nc(C(=O)N2CC[C@@H](CSc3ccccc3)C2)c1[N+](=O)[O-]. The van der Waals surface area contributed by atoms with E-state index in [1.807, 2.05) is 18.2 Å². The molecule has 1 aromatic heterocycles. The van der Waals surface area contributed by atoms with Crippen molar-refractivity contribution in [1.82, 2.24) is 15.1 Å². The van der Waals surface area contributed by atoms with Crippen LogP contribution < -0.4 is 0 Å². The molecule has 0 saturated carbocycles. The van der Waals surface area contributed by atoms with E-state index < -0.39 is 4.92 Å². The average Bonchev–Trinajstić information content (AvgIpc) is 3.20. The Bertz CT molecular complexity index is 747. The van der Waals surface area contributed by atoms with Crippen LogP contribution >= 0.6 is 11.8 Å². The summed E-state index contributed by atoms with van der Waals surface area (Å²) in [6, 6.07) is 10.1. The van der Waals surface area contributed by atoms with Crippen molar-refractivity contribution in [1.29, 1.82) is 0 Å². The fraction of sp³-hybridized carbons (Fsp3) is 0.375. The summed E-state index contributed by atoms with van der Waals surface area (Å²) < 4.78 is 0. The van der Waals surface area contributed by atoms with Gasteiger partial charge in [-0.3, -0.25) is 20.0 Å². The normalized spacial score (nSPS) is 17.2. The van der Waals surface area contributed by atoms with Crippen molar-refractivity contribution in [2.24, 2.45) is 5.92 Å². The molecule has 2 aromatic rings. The van der Waals surface area contributed by atoms with Crippen LogP contribution in [0.2, 0.25) is 0 Å². The number of hydrogen-bond acceptors (Lipinski definition) is 5. The van der Waals surface area contributed by atoms with Crippen LogP contribution in [-0.2, 0) is 0 Å². The van der Waals surface area contributed by atoms with E-state index in [9.17, 15) is 14.9 Å². The van der Waals surface area contributed by atoms with Gasteiger partial charge in [0, 0.05) is 23.7 Å². The van der Waals surface area contributed by atoms with E-state index in [-0.39, 0.29) is 17.3 Å². The average molecular weight is 346 g/mol. The summed E-state index contributed by atoms with van der Waals surface area (Å²) in [4.78, 5) is 26.0.